The van der Waals surface area contributed by atoms with E-state index in [0.717, 1.165) is 10.3 Å². The van der Waals surface area contributed by atoms with Gasteiger partial charge in [-0.05, 0) is 167 Å². The standard InChI is InChI=1S/C88H132N30O21S2/c89-34-4-3-14-56-74(129)112-61(31-33-69(123)124)83(138)118-40-10-19-67(118)82(137)115-63(43-48-23-28-53(120)29-24-48)78(133)110-58(17-8-38-104-87(98)99)73(128)111-60(30-32-68(121)122)76(131)116-65(80(135)106-55(70(91)125)15-6-36-102-85(94)95)45-140-141-46-66(81(136)114-62(42-47-21-26-52(119)27-22-47)77(132)109-59(72(127)108-56)18-9-39-105-88(100)139)117-79(134)64(44-49-20-25-50-11-1-2-12-51(50)41-49)113-75(130)57(16-7-37-103-86(96)97)107-71(126)54(90)13-5-35-101-84(92)93/h1-2,11-12,20-29,41,54-67,119-120H,3-10,13-19,30-40,42-46,89-90H2,(H2,91,125)(H,106,135)(H,107,126)(H,108,127)(H,109,132)(H,110,133)(H,111,128)(H,112,129)(H,113,130)(H,114,136)(H,115,137)(H,116,131)(H,117,134)(H,121,122)(H,123,124)(H4,92,93,101)(H4,94,95,102)(H4,96,97,103)(H4,98,99,104)(H3,100,105,139)/t54-,55-,56-,57-,58-,59-,60-,61+,62-,63-,64-,65-,66-,67-/m0/s1. The summed E-state index contributed by atoms with van der Waals surface area (Å²) in [5.41, 5.74) is 46.7. The smallest absolute Gasteiger partial charge is 0.312 e. The van der Waals surface area contributed by atoms with E-state index in [1.54, 1.807) is 36.4 Å². The van der Waals surface area contributed by atoms with Gasteiger partial charge in [-0.2, -0.15) is 0 Å². The molecule has 0 saturated carbocycles. The van der Waals surface area contributed by atoms with Crippen molar-refractivity contribution in [2.24, 2.45) is 45.9 Å². The van der Waals surface area contributed by atoms with Crippen molar-refractivity contribution in [3.8, 4) is 11.5 Å². The molecule has 14 atom stereocenters. The first-order valence-electron chi connectivity index (χ1n) is 45.8. The van der Waals surface area contributed by atoms with Crippen LogP contribution in [-0.2, 0) is 96.0 Å². The number of primary amides is 2. The molecule has 2 fully saturated rings. The number of unbranched alkanes of at least 4 members (excludes halogenated alkanes) is 1. The number of nitrogens with one attached hydrogen (secondary N) is 21. The summed E-state index contributed by atoms with van der Waals surface area (Å²) in [6, 6.07) is -2.15. The number of rotatable bonds is 45. The minimum atomic E-state index is -1.97. The number of carbonyl (C=O) groups is 17. The van der Waals surface area contributed by atoms with E-state index in [1.807, 2.05) is 6.07 Å². The minimum Gasteiger partial charge on any atom is -0.508 e. The monoisotopic (exact) mass is 2010 g/mol. The molecular formula is C88H132N30O21S2. The minimum absolute atomic E-state index is 0.00210. The zero-order valence-corrected chi connectivity index (χ0v) is 79.4. The second-order valence-electron chi connectivity index (χ2n) is 33.6. The Hall–Kier alpha value is -14.8. The molecule has 2 aliphatic heterocycles. The van der Waals surface area contributed by atoms with Gasteiger partial charge in [0.25, 0.3) is 0 Å². The number of nitrogens with zero attached hydrogens (tertiary/aromatic N) is 1. The number of urea groups is 1. The van der Waals surface area contributed by atoms with E-state index < -0.39 is 260 Å². The first-order chi connectivity index (χ1) is 67.1. The van der Waals surface area contributed by atoms with Gasteiger partial charge in [0, 0.05) is 82.9 Å². The van der Waals surface area contributed by atoms with Crippen LogP contribution in [0, 0.1) is 21.6 Å². The third-order valence-corrected chi connectivity index (χ3v) is 24.9. The van der Waals surface area contributed by atoms with Gasteiger partial charge in [0.1, 0.15) is 90.0 Å². The van der Waals surface area contributed by atoms with Crippen LogP contribution in [0.1, 0.15) is 139 Å². The van der Waals surface area contributed by atoms with Crippen molar-refractivity contribution >= 4 is 157 Å². The summed E-state index contributed by atoms with van der Waals surface area (Å²) < 4.78 is 0. The number of hydrogen-bond donors (Lipinski definition) is 33. The van der Waals surface area contributed by atoms with Crippen molar-refractivity contribution in [3.63, 3.8) is 0 Å². The van der Waals surface area contributed by atoms with E-state index in [-0.39, 0.29) is 165 Å². The molecule has 2 saturated heterocycles. The molecule has 2 aliphatic rings. The van der Waals surface area contributed by atoms with Crippen LogP contribution in [0.2, 0.25) is 0 Å². The molecule has 141 heavy (non-hydrogen) atoms. The average Bonchev–Trinajstić information content (AvgIpc) is 1.58. The molecule has 53 heteroatoms. The van der Waals surface area contributed by atoms with E-state index >= 15 is 57.5 Å². The number of carbonyl (C=O) groups excluding carboxylic acids is 15. The Bertz CT molecular complexity index is 5010. The second-order valence-corrected chi connectivity index (χ2v) is 36.2. The lowest BCUT2D eigenvalue weighted by Crippen LogP contribution is -2.61. The summed E-state index contributed by atoms with van der Waals surface area (Å²) in [4.78, 5) is 249. The number of phenols is 2. The lowest BCUT2D eigenvalue weighted by atomic mass is 10.00. The van der Waals surface area contributed by atoms with E-state index in [9.17, 15) is 44.4 Å². The number of phenolic OH excluding ortho intramolecular Hbond substituents is 2. The Kier molecular flexibility index (Phi) is 49.0. The van der Waals surface area contributed by atoms with Crippen LogP contribution in [0.5, 0.6) is 11.5 Å². The molecule has 0 aliphatic carbocycles. The Morgan fingerprint density at radius 3 is 1.36 bits per heavy atom. The van der Waals surface area contributed by atoms with Gasteiger partial charge in [-0.1, -0.05) is 88.3 Å². The van der Waals surface area contributed by atoms with E-state index in [1.165, 1.54) is 48.5 Å². The fraction of sp³-hybridized carbons (Fsp3) is 0.511. The van der Waals surface area contributed by atoms with Crippen LogP contribution in [0.25, 0.3) is 10.8 Å². The molecule has 4 aromatic carbocycles. The summed E-state index contributed by atoms with van der Waals surface area (Å²) >= 11 is 0. The molecule has 41 N–H and O–H groups in total. The molecule has 51 nitrogen and oxygen atoms in total. The van der Waals surface area contributed by atoms with Crippen molar-refractivity contribution in [2.75, 3.05) is 57.3 Å². The summed E-state index contributed by atoms with van der Waals surface area (Å²) in [7, 11) is 1.40. The van der Waals surface area contributed by atoms with Gasteiger partial charge < -0.3 is 162 Å². The third kappa shape index (κ3) is 42.2. The number of amides is 16. The zero-order chi connectivity index (χ0) is 104. The van der Waals surface area contributed by atoms with Gasteiger partial charge in [0.05, 0.1) is 6.04 Å². The lowest BCUT2D eigenvalue weighted by Gasteiger charge is -2.31. The number of nitrogens with two attached hydrogens (primary N) is 8. The molecule has 0 spiro atoms. The fourth-order valence-electron chi connectivity index (χ4n) is 15.0. The topological polar surface area (TPSA) is 882 Å². The van der Waals surface area contributed by atoms with Crippen molar-refractivity contribution in [1.82, 2.24) is 95.3 Å². The average molecular weight is 2010 g/mol. The number of benzene rings is 4. The maximum atomic E-state index is 16.0. The number of carboxylic acid groups (broad SMARTS) is 2. The van der Waals surface area contributed by atoms with Crippen molar-refractivity contribution in [3.05, 3.63) is 108 Å². The lowest BCUT2D eigenvalue weighted by molar-refractivity contribution is -0.143. The number of carboxylic acids is 2. The molecule has 2 heterocycles. The van der Waals surface area contributed by atoms with Gasteiger partial charge in [0.2, 0.25) is 82.7 Å². The molecule has 0 aromatic heterocycles. The predicted molar refractivity (Wildman–Crippen MR) is 521 cm³/mol. The van der Waals surface area contributed by atoms with Gasteiger partial charge in [-0.3, -0.25) is 98.3 Å². The Labute approximate surface area is 819 Å². The summed E-state index contributed by atoms with van der Waals surface area (Å²) in [6.45, 7) is -0.386. The van der Waals surface area contributed by atoms with E-state index in [0.29, 0.717) is 38.1 Å². The molecule has 4 aromatic rings. The number of guanidine groups is 4. The highest BCUT2D eigenvalue weighted by atomic mass is 33.1. The number of aromatic hydroxyl groups is 2. The largest absolute Gasteiger partial charge is 0.508 e. The number of hydrogen-bond acceptors (Lipinski definition) is 27. The highest BCUT2D eigenvalue weighted by molar-refractivity contribution is 8.76. The molecule has 0 radical (unpaired) electrons. The molecule has 0 bridgehead atoms. The van der Waals surface area contributed by atoms with Crippen molar-refractivity contribution in [2.45, 2.75) is 226 Å². The Morgan fingerprint density at radius 1 is 0.433 bits per heavy atom. The zero-order valence-electron chi connectivity index (χ0n) is 77.8. The molecular weight excluding hydrogens is 1880 g/mol. The van der Waals surface area contributed by atoms with Crippen LogP contribution >= 0.6 is 21.6 Å². The van der Waals surface area contributed by atoms with Gasteiger partial charge in [-0.25, -0.2) is 4.79 Å². The van der Waals surface area contributed by atoms with Gasteiger partial charge >= 0.3 is 18.0 Å². The normalized spacial score (nSPS) is 20.3. The number of fused-ring (bicyclic) bond motifs is 2. The van der Waals surface area contributed by atoms with Crippen molar-refractivity contribution < 1.29 is 102 Å². The Morgan fingerprint density at radius 2 is 0.858 bits per heavy atom. The first kappa shape index (κ1) is 115. The summed E-state index contributed by atoms with van der Waals surface area (Å²) in [6.07, 6.45) is -5.36. The third-order valence-electron chi connectivity index (χ3n) is 22.5. The number of aliphatic carboxylic acids is 2. The van der Waals surface area contributed by atoms with Gasteiger partial charge in [-0.15, -0.1) is 0 Å². The fourth-order valence-corrected chi connectivity index (χ4v) is 17.4. The highest BCUT2D eigenvalue weighted by Gasteiger charge is 2.43. The molecule has 772 valence electrons. The summed E-state index contributed by atoms with van der Waals surface area (Å²) in [5, 5.41) is 117. The molecule has 16 amide bonds. The first-order valence-corrected chi connectivity index (χ1v) is 48.3. The van der Waals surface area contributed by atoms with E-state index in [4.69, 9.17) is 67.5 Å². The predicted octanol–water partition coefficient (Wildman–Crippen LogP) is -6.34. The SMILES string of the molecule is N=C(N)NCCC[C@H](NC(=O)[C@@H]1CSSC[C@H](NC(=O)[C@H](Cc2ccc3ccccc3c2)NC(=O)[C@H](CCCNC(=N)N)NC(=O)[C@@H](N)CCCNC(=N)N)C(=O)N[C@@H](Cc2ccc(O)cc2)C(=O)N[C@@H](CCCNC(N)=O)C(=O)N[C@@H](CCCCN)C(=O)N[C@H](CCC(=O)O)C(=O)N2CCC[C@H]2C(=O)N[C@@H](Cc2ccc(O)cc2)C(=O)N[C@@H](CCCNC(=N)N)C(=O)N[C@@H](CCC(=O)O)C(=O)N1)C(N)=O. The highest BCUT2D eigenvalue weighted by Crippen LogP contribution is 2.27. The van der Waals surface area contributed by atoms with Crippen LogP contribution in [-0.4, -0.2) is 292 Å². The molecule has 0 unspecified atom stereocenters. The maximum absolute atomic E-state index is 16.0. The summed E-state index contributed by atoms with van der Waals surface area (Å²) in [5.74, 6) is -21.8. The van der Waals surface area contributed by atoms with Crippen LogP contribution in [0.3, 0.4) is 0 Å². The maximum Gasteiger partial charge on any atom is 0.312 e. The quantitative estimate of drug-likeness (QED) is 0.00847. The second kappa shape index (κ2) is 60.2. The molecule has 6 rings (SSSR count). The van der Waals surface area contributed by atoms with Crippen LogP contribution < -0.4 is 136 Å². The van der Waals surface area contributed by atoms with Crippen LogP contribution in [0.4, 0.5) is 4.79 Å². The van der Waals surface area contributed by atoms with E-state index in [2.05, 4.69) is 90.4 Å². The van der Waals surface area contributed by atoms with Crippen LogP contribution in [0.15, 0.2) is 91.0 Å². The Balaban J connectivity index is 1.61. The van der Waals surface area contributed by atoms with Crippen molar-refractivity contribution in [1.29, 1.82) is 21.6 Å². The van der Waals surface area contributed by atoms with Gasteiger partial charge in [0.15, 0.2) is 23.8 Å².